The van der Waals surface area contributed by atoms with Gasteiger partial charge in [-0.3, -0.25) is 0 Å². The Labute approximate surface area is 114 Å². The van der Waals surface area contributed by atoms with Crippen LogP contribution in [-0.4, -0.2) is 37.7 Å². The first-order chi connectivity index (χ1) is 8.77. The molecule has 0 aliphatic carbocycles. The van der Waals surface area contributed by atoms with Gasteiger partial charge < -0.3 is 20.1 Å². The number of hydrogen-bond acceptors (Lipinski definition) is 4. The summed E-state index contributed by atoms with van der Waals surface area (Å²) in [6.07, 6.45) is 0. The third kappa shape index (κ3) is 3.99. The van der Waals surface area contributed by atoms with Gasteiger partial charge in [0.2, 0.25) is 0 Å². The minimum absolute atomic E-state index is 0.146. The zero-order valence-corrected chi connectivity index (χ0v) is 12.3. The van der Waals surface area contributed by atoms with Crippen molar-refractivity contribution in [1.29, 1.82) is 0 Å². The Bertz CT molecular complexity index is 434. The van der Waals surface area contributed by atoms with Crippen molar-refractivity contribution in [3.8, 4) is 11.5 Å². The molecule has 19 heavy (non-hydrogen) atoms. The predicted octanol–water partition coefficient (Wildman–Crippen LogP) is 2.53. The fourth-order valence-corrected chi connectivity index (χ4v) is 1.32. The summed E-state index contributed by atoms with van der Waals surface area (Å²) >= 11 is 0. The van der Waals surface area contributed by atoms with Crippen molar-refractivity contribution >= 4 is 5.69 Å². The molecule has 0 fully saturated rings. The summed E-state index contributed by atoms with van der Waals surface area (Å²) in [4.78, 5) is 2.05. The minimum Gasteiger partial charge on any atom is -0.491 e. The van der Waals surface area contributed by atoms with E-state index in [1.807, 2.05) is 14.1 Å². The standard InChI is InChI=1S/C14H23FN2O2/c1-6-18-12-8-13(11(16)7-10(12)15)19-9-14(2,3)17(4)5/h7-8H,6,9,16H2,1-5H3. The van der Waals surface area contributed by atoms with Crippen molar-refractivity contribution in [2.45, 2.75) is 26.3 Å². The van der Waals surface area contributed by atoms with Crippen LogP contribution in [0.5, 0.6) is 11.5 Å². The summed E-state index contributed by atoms with van der Waals surface area (Å²) < 4.78 is 24.4. The molecule has 1 aromatic rings. The van der Waals surface area contributed by atoms with Crippen LogP contribution in [0.25, 0.3) is 0 Å². The summed E-state index contributed by atoms with van der Waals surface area (Å²) in [5, 5.41) is 0. The molecular weight excluding hydrogens is 247 g/mol. The van der Waals surface area contributed by atoms with E-state index in [1.54, 1.807) is 6.92 Å². The molecule has 2 N–H and O–H groups in total. The van der Waals surface area contributed by atoms with Gasteiger partial charge in [-0.1, -0.05) is 0 Å². The molecule has 0 bridgehead atoms. The minimum atomic E-state index is -0.474. The highest BCUT2D eigenvalue weighted by Crippen LogP contribution is 2.31. The first-order valence-electron chi connectivity index (χ1n) is 6.30. The third-order valence-corrected chi connectivity index (χ3v) is 3.16. The fraction of sp³-hybridized carbons (Fsp3) is 0.571. The van der Waals surface area contributed by atoms with Gasteiger partial charge in [0.25, 0.3) is 0 Å². The lowest BCUT2D eigenvalue weighted by Gasteiger charge is -2.32. The average molecular weight is 270 g/mol. The molecule has 0 radical (unpaired) electrons. The second-order valence-electron chi connectivity index (χ2n) is 5.25. The molecule has 0 aliphatic heterocycles. The number of ether oxygens (including phenoxy) is 2. The number of nitrogen functional groups attached to an aromatic ring is 1. The number of likely N-dealkylation sites (N-methyl/N-ethyl adjacent to an activating group) is 1. The number of anilines is 1. The molecule has 0 unspecified atom stereocenters. The fourth-order valence-electron chi connectivity index (χ4n) is 1.32. The van der Waals surface area contributed by atoms with Crippen LogP contribution in [0.1, 0.15) is 20.8 Å². The molecule has 108 valence electrons. The van der Waals surface area contributed by atoms with E-state index in [9.17, 15) is 4.39 Å². The van der Waals surface area contributed by atoms with Crippen LogP contribution >= 0.6 is 0 Å². The lowest BCUT2D eigenvalue weighted by Crippen LogP contribution is -2.43. The maximum absolute atomic E-state index is 13.6. The van der Waals surface area contributed by atoms with E-state index >= 15 is 0 Å². The summed E-state index contributed by atoms with van der Waals surface area (Å²) in [7, 11) is 3.95. The number of hydrogen-bond donors (Lipinski definition) is 1. The molecule has 1 rings (SSSR count). The van der Waals surface area contributed by atoms with E-state index in [1.165, 1.54) is 12.1 Å². The summed E-state index contributed by atoms with van der Waals surface area (Å²) in [6.45, 7) is 6.74. The lowest BCUT2D eigenvalue weighted by molar-refractivity contribution is 0.114. The number of benzene rings is 1. The molecule has 0 aliphatic rings. The molecule has 0 amide bonds. The zero-order chi connectivity index (χ0) is 14.6. The first-order valence-corrected chi connectivity index (χ1v) is 6.30. The second kappa shape index (κ2) is 6.10. The van der Waals surface area contributed by atoms with Crippen molar-refractivity contribution in [2.24, 2.45) is 0 Å². The predicted molar refractivity (Wildman–Crippen MR) is 75.2 cm³/mol. The molecule has 0 atom stereocenters. The first kappa shape index (κ1) is 15.6. The topological polar surface area (TPSA) is 47.7 Å². The van der Waals surface area contributed by atoms with Gasteiger partial charge in [-0.2, -0.15) is 0 Å². The monoisotopic (exact) mass is 270 g/mol. The van der Waals surface area contributed by atoms with Crippen molar-refractivity contribution in [3.05, 3.63) is 17.9 Å². The number of rotatable bonds is 6. The van der Waals surface area contributed by atoms with E-state index in [0.717, 1.165) is 0 Å². The summed E-state index contributed by atoms with van der Waals surface area (Å²) in [5.74, 6) is 0.132. The van der Waals surface area contributed by atoms with Gasteiger partial charge in [0.15, 0.2) is 11.6 Å². The van der Waals surface area contributed by atoms with Gasteiger partial charge in [0, 0.05) is 17.7 Å². The molecule has 0 aromatic heterocycles. The quantitative estimate of drug-likeness (QED) is 0.807. The lowest BCUT2D eigenvalue weighted by atomic mass is 10.1. The molecular formula is C14H23FN2O2. The van der Waals surface area contributed by atoms with Gasteiger partial charge in [-0.25, -0.2) is 4.39 Å². The summed E-state index contributed by atoms with van der Waals surface area (Å²) in [6, 6.07) is 2.73. The molecule has 0 saturated heterocycles. The smallest absolute Gasteiger partial charge is 0.167 e. The largest absolute Gasteiger partial charge is 0.491 e. The van der Waals surface area contributed by atoms with E-state index in [2.05, 4.69) is 18.7 Å². The van der Waals surface area contributed by atoms with Crippen LogP contribution < -0.4 is 15.2 Å². The molecule has 0 heterocycles. The molecule has 1 aromatic carbocycles. The maximum atomic E-state index is 13.6. The summed E-state index contributed by atoms with van der Waals surface area (Å²) in [5.41, 5.74) is 5.89. The van der Waals surface area contributed by atoms with E-state index in [-0.39, 0.29) is 17.0 Å². The second-order valence-corrected chi connectivity index (χ2v) is 5.25. The highest BCUT2D eigenvalue weighted by atomic mass is 19.1. The Hall–Kier alpha value is -1.49. The Morgan fingerprint density at radius 2 is 1.84 bits per heavy atom. The number of nitrogens with zero attached hydrogens (tertiary/aromatic N) is 1. The van der Waals surface area contributed by atoms with Crippen molar-refractivity contribution < 1.29 is 13.9 Å². The van der Waals surface area contributed by atoms with E-state index in [0.29, 0.717) is 19.0 Å². The van der Waals surface area contributed by atoms with Crippen LogP contribution in [0.15, 0.2) is 12.1 Å². The molecule has 4 nitrogen and oxygen atoms in total. The zero-order valence-electron chi connectivity index (χ0n) is 12.3. The van der Waals surface area contributed by atoms with Crippen molar-refractivity contribution in [3.63, 3.8) is 0 Å². The Balaban J connectivity index is 2.86. The highest BCUT2D eigenvalue weighted by molar-refractivity contribution is 5.56. The van der Waals surface area contributed by atoms with Crippen molar-refractivity contribution in [1.82, 2.24) is 4.90 Å². The van der Waals surface area contributed by atoms with Crippen LogP contribution in [0.2, 0.25) is 0 Å². The number of nitrogens with two attached hydrogens (primary N) is 1. The van der Waals surface area contributed by atoms with E-state index < -0.39 is 5.82 Å². The van der Waals surface area contributed by atoms with Gasteiger partial charge in [-0.05, 0) is 34.9 Å². The van der Waals surface area contributed by atoms with Gasteiger partial charge in [-0.15, -0.1) is 0 Å². The SMILES string of the molecule is CCOc1cc(OCC(C)(C)N(C)C)c(N)cc1F. The Morgan fingerprint density at radius 1 is 1.21 bits per heavy atom. The van der Waals surface area contributed by atoms with Gasteiger partial charge in [0.05, 0.1) is 12.3 Å². The van der Waals surface area contributed by atoms with E-state index in [4.69, 9.17) is 15.2 Å². The molecule has 5 heteroatoms. The normalized spacial score (nSPS) is 11.7. The van der Waals surface area contributed by atoms with Crippen LogP contribution in [0.4, 0.5) is 10.1 Å². The van der Waals surface area contributed by atoms with Crippen molar-refractivity contribution in [2.75, 3.05) is 33.0 Å². The maximum Gasteiger partial charge on any atom is 0.167 e. The molecule has 0 saturated carbocycles. The van der Waals surface area contributed by atoms with Crippen LogP contribution in [0.3, 0.4) is 0 Å². The Morgan fingerprint density at radius 3 is 2.37 bits per heavy atom. The van der Waals surface area contributed by atoms with Crippen LogP contribution in [-0.2, 0) is 0 Å². The van der Waals surface area contributed by atoms with Gasteiger partial charge >= 0.3 is 0 Å². The number of halogens is 1. The van der Waals surface area contributed by atoms with Crippen LogP contribution in [0, 0.1) is 5.82 Å². The molecule has 0 spiro atoms. The highest BCUT2D eigenvalue weighted by Gasteiger charge is 2.22. The Kier molecular flexibility index (Phi) is 5.00. The third-order valence-electron chi connectivity index (χ3n) is 3.16. The average Bonchev–Trinajstić information content (AvgIpc) is 2.31. The van der Waals surface area contributed by atoms with Gasteiger partial charge in [0.1, 0.15) is 12.4 Å².